The van der Waals surface area contributed by atoms with Crippen molar-refractivity contribution in [1.29, 1.82) is 5.53 Å². The highest BCUT2D eigenvalue weighted by atomic mass is 16.2. The van der Waals surface area contributed by atoms with E-state index in [0.717, 1.165) is 24.4 Å². The maximum absolute atomic E-state index is 12.4. The molecule has 1 aliphatic carbocycles. The van der Waals surface area contributed by atoms with Gasteiger partial charge in [-0.25, -0.2) is 10.5 Å². The van der Waals surface area contributed by atoms with Crippen LogP contribution in [0.2, 0.25) is 0 Å². The second-order valence-electron chi connectivity index (χ2n) is 7.51. The fraction of sp³-hybridized carbons (Fsp3) is 0.474. The molecule has 1 aliphatic heterocycles. The minimum atomic E-state index is -0.232. The lowest BCUT2D eigenvalue weighted by atomic mass is 10.0. The smallest absolute Gasteiger partial charge is 0.275 e. The van der Waals surface area contributed by atoms with Crippen LogP contribution in [0.5, 0.6) is 0 Å². The number of aromatic nitrogens is 4. The molecule has 1 amide bonds. The summed E-state index contributed by atoms with van der Waals surface area (Å²) in [5, 5.41) is 20.0. The molecule has 2 fully saturated rings. The van der Waals surface area contributed by atoms with E-state index < -0.39 is 0 Å². The summed E-state index contributed by atoms with van der Waals surface area (Å²) in [6.07, 6.45) is 7.12. The molecule has 0 unspecified atom stereocenters. The third-order valence-corrected chi connectivity index (χ3v) is 5.26. The molecule has 158 valence electrons. The van der Waals surface area contributed by atoms with E-state index in [0.29, 0.717) is 30.8 Å². The molecule has 2 aromatic rings. The van der Waals surface area contributed by atoms with E-state index in [1.54, 1.807) is 24.2 Å². The van der Waals surface area contributed by atoms with Gasteiger partial charge in [-0.15, -0.1) is 0 Å². The van der Waals surface area contributed by atoms with Crippen LogP contribution in [-0.4, -0.2) is 57.2 Å². The number of piperidine rings is 1. The number of rotatable bonds is 8. The summed E-state index contributed by atoms with van der Waals surface area (Å²) in [7, 11) is 1.68. The first-order chi connectivity index (χ1) is 14.7. The van der Waals surface area contributed by atoms with Gasteiger partial charge in [0, 0.05) is 56.3 Å². The predicted molar refractivity (Wildman–Crippen MR) is 111 cm³/mol. The number of nitrogens with zero attached hydrogens (tertiary/aromatic N) is 5. The van der Waals surface area contributed by atoms with Gasteiger partial charge in [0.25, 0.3) is 5.91 Å². The van der Waals surface area contributed by atoms with E-state index >= 15 is 0 Å². The zero-order valence-electron chi connectivity index (χ0n) is 16.9. The maximum Gasteiger partial charge on any atom is 0.275 e. The highest BCUT2D eigenvalue weighted by molar-refractivity contribution is 5.92. The van der Waals surface area contributed by atoms with Crippen molar-refractivity contribution in [1.82, 2.24) is 30.4 Å². The first kappa shape index (κ1) is 19.8. The molecule has 2 aliphatic rings. The number of likely N-dealkylation sites (tertiary alicyclic amines) is 1. The Kier molecular flexibility index (Phi) is 5.87. The van der Waals surface area contributed by atoms with Crippen molar-refractivity contribution < 1.29 is 4.79 Å². The normalized spacial score (nSPS) is 17.5. The van der Waals surface area contributed by atoms with Gasteiger partial charge in [-0.3, -0.25) is 9.89 Å². The number of hydrogen-bond donors (Lipinski definition) is 5. The van der Waals surface area contributed by atoms with Crippen molar-refractivity contribution in [2.45, 2.75) is 37.6 Å². The molecule has 4 rings (SSSR count). The van der Waals surface area contributed by atoms with Crippen LogP contribution in [0.25, 0.3) is 0 Å². The fourth-order valence-corrected chi connectivity index (χ4v) is 3.48. The lowest BCUT2D eigenvalue weighted by Gasteiger charge is -2.32. The van der Waals surface area contributed by atoms with Gasteiger partial charge >= 0.3 is 0 Å². The molecule has 3 heterocycles. The quantitative estimate of drug-likeness (QED) is 0.331. The van der Waals surface area contributed by atoms with Crippen LogP contribution in [0.15, 0.2) is 35.3 Å². The van der Waals surface area contributed by atoms with Crippen molar-refractivity contribution in [2.24, 2.45) is 5.11 Å². The number of aromatic amines is 1. The number of nitrogens with one attached hydrogen (secondary N) is 5. The third kappa shape index (κ3) is 4.73. The molecule has 11 nitrogen and oxygen atoms in total. The Bertz CT molecular complexity index is 927. The maximum atomic E-state index is 12.4. The average molecular weight is 410 g/mol. The second kappa shape index (κ2) is 8.89. The molecule has 11 heteroatoms. The second-order valence-corrected chi connectivity index (χ2v) is 7.51. The Morgan fingerprint density at radius 3 is 2.80 bits per heavy atom. The SMILES string of the molecule is CN/C=C(\N=N)C(=O)N1CCC(Nc2nccc(Nc3cc(C4CC4)[nH]n3)n2)CC1. The zero-order chi connectivity index (χ0) is 20.9. The number of anilines is 3. The number of amides is 1. The average Bonchev–Trinajstić information content (AvgIpc) is 3.51. The topological polar surface area (TPSA) is 147 Å². The summed E-state index contributed by atoms with van der Waals surface area (Å²) in [5.41, 5.74) is 8.42. The van der Waals surface area contributed by atoms with Gasteiger partial charge in [0.1, 0.15) is 5.82 Å². The van der Waals surface area contributed by atoms with Crippen molar-refractivity contribution in [3.05, 3.63) is 35.9 Å². The zero-order valence-corrected chi connectivity index (χ0v) is 16.9. The van der Waals surface area contributed by atoms with Gasteiger partial charge in [0.05, 0.1) is 0 Å². The molecule has 1 saturated carbocycles. The molecule has 0 aromatic carbocycles. The van der Waals surface area contributed by atoms with E-state index in [1.807, 2.05) is 6.07 Å². The van der Waals surface area contributed by atoms with E-state index in [9.17, 15) is 4.79 Å². The van der Waals surface area contributed by atoms with Crippen LogP contribution in [0.3, 0.4) is 0 Å². The molecule has 2 aromatic heterocycles. The largest absolute Gasteiger partial charge is 0.392 e. The molecule has 0 atom stereocenters. The Balaban J connectivity index is 1.30. The summed E-state index contributed by atoms with van der Waals surface area (Å²) < 4.78 is 0. The van der Waals surface area contributed by atoms with Gasteiger partial charge in [-0.1, -0.05) is 0 Å². The highest BCUT2D eigenvalue weighted by Gasteiger charge is 2.26. The summed E-state index contributed by atoms with van der Waals surface area (Å²) in [5.74, 6) is 2.35. The number of carbonyl (C=O) groups excluding carboxylic acids is 1. The number of hydrogen-bond acceptors (Lipinski definition) is 9. The lowest BCUT2D eigenvalue weighted by Crippen LogP contribution is -2.43. The van der Waals surface area contributed by atoms with Gasteiger partial charge in [-0.2, -0.15) is 15.2 Å². The molecular formula is C19H26N10O. The highest BCUT2D eigenvalue weighted by Crippen LogP contribution is 2.39. The molecule has 0 radical (unpaired) electrons. The predicted octanol–water partition coefficient (Wildman–Crippen LogP) is 2.32. The molecule has 0 bridgehead atoms. The fourth-order valence-electron chi connectivity index (χ4n) is 3.48. The minimum Gasteiger partial charge on any atom is -0.392 e. The molecule has 1 saturated heterocycles. The number of carbonyl (C=O) groups is 1. The van der Waals surface area contributed by atoms with E-state index in [4.69, 9.17) is 5.53 Å². The lowest BCUT2D eigenvalue weighted by molar-refractivity contribution is -0.128. The Labute approximate surface area is 174 Å². The van der Waals surface area contributed by atoms with Crippen LogP contribution in [0.1, 0.15) is 37.3 Å². The van der Waals surface area contributed by atoms with Gasteiger partial charge in [0.15, 0.2) is 11.5 Å². The van der Waals surface area contributed by atoms with Crippen molar-refractivity contribution in [3.63, 3.8) is 0 Å². The molecule has 0 spiro atoms. The summed E-state index contributed by atoms with van der Waals surface area (Å²) in [6, 6.07) is 4.00. The van der Waals surface area contributed by atoms with Gasteiger partial charge < -0.3 is 20.9 Å². The Morgan fingerprint density at radius 2 is 2.10 bits per heavy atom. The van der Waals surface area contributed by atoms with E-state index in [-0.39, 0.29) is 17.6 Å². The van der Waals surface area contributed by atoms with Crippen LogP contribution in [0, 0.1) is 5.53 Å². The number of H-pyrrole nitrogens is 1. The Hall–Kier alpha value is -3.50. The molecule has 30 heavy (non-hydrogen) atoms. The van der Waals surface area contributed by atoms with Crippen molar-refractivity contribution in [2.75, 3.05) is 30.8 Å². The minimum absolute atomic E-state index is 0.106. The first-order valence-corrected chi connectivity index (χ1v) is 10.1. The van der Waals surface area contributed by atoms with Gasteiger partial charge in [-0.05, 0) is 31.7 Å². The van der Waals surface area contributed by atoms with E-state index in [1.165, 1.54) is 19.0 Å². The summed E-state index contributed by atoms with van der Waals surface area (Å²) in [6.45, 7) is 1.17. The standard InChI is InChI=1S/C19H26N10O/c1-21-11-15(26-20)18(30)29-8-5-13(6-9-29)23-19-22-7-4-16(25-19)24-17-10-14(27-28-17)12-2-3-12/h4,7,10-13,20-21H,2-3,5-6,8-9H2,1H3,(H3,22,23,24,25,27,28)/b15-11-,26-20?. The monoisotopic (exact) mass is 410 g/mol. The van der Waals surface area contributed by atoms with Crippen LogP contribution < -0.4 is 16.0 Å². The summed E-state index contributed by atoms with van der Waals surface area (Å²) >= 11 is 0. The van der Waals surface area contributed by atoms with Crippen LogP contribution >= 0.6 is 0 Å². The Morgan fingerprint density at radius 1 is 1.30 bits per heavy atom. The summed E-state index contributed by atoms with van der Waals surface area (Å²) in [4.78, 5) is 22.9. The molecular weight excluding hydrogens is 384 g/mol. The van der Waals surface area contributed by atoms with Crippen LogP contribution in [-0.2, 0) is 4.79 Å². The van der Waals surface area contributed by atoms with Crippen molar-refractivity contribution >= 4 is 23.5 Å². The molecule has 5 N–H and O–H groups in total. The van der Waals surface area contributed by atoms with Crippen LogP contribution in [0.4, 0.5) is 17.6 Å². The first-order valence-electron chi connectivity index (χ1n) is 10.1. The van der Waals surface area contributed by atoms with Gasteiger partial charge in [0.2, 0.25) is 5.95 Å². The van der Waals surface area contributed by atoms with Crippen molar-refractivity contribution in [3.8, 4) is 0 Å². The third-order valence-electron chi connectivity index (χ3n) is 5.26. The van der Waals surface area contributed by atoms with E-state index in [2.05, 4.69) is 41.2 Å².